The second-order valence-corrected chi connectivity index (χ2v) is 10.0. The second-order valence-electron chi connectivity index (χ2n) is 6.21. The van der Waals surface area contributed by atoms with Crippen LogP contribution in [-0.4, -0.2) is 8.07 Å². The molecule has 0 aliphatic carbocycles. The third-order valence-electron chi connectivity index (χ3n) is 4.83. The highest BCUT2D eigenvalue weighted by atomic mass is 28.3. The number of benzene rings is 4. The summed E-state index contributed by atoms with van der Waals surface area (Å²) in [5.74, 6) is 0. The Labute approximate surface area is 150 Å². The predicted octanol–water partition coefficient (Wildman–Crippen LogP) is 3.06. The molecule has 25 heavy (non-hydrogen) atoms. The fourth-order valence-corrected chi connectivity index (χ4v) is 8.52. The first-order chi connectivity index (χ1) is 12.4. The molecule has 0 nitrogen and oxygen atoms in total. The van der Waals surface area contributed by atoms with E-state index in [1.807, 2.05) is 0 Å². The van der Waals surface area contributed by atoms with E-state index in [1.165, 1.54) is 20.7 Å². The molecule has 0 spiro atoms. The smallest absolute Gasteiger partial charge is 0.0271 e. The van der Waals surface area contributed by atoms with E-state index in [9.17, 15) is 0 Å². The molecule has 0 unspecified atom stereocenters. The number of rotatable bonds is 4. The summed E-state index contributed by atoms with van der Waals surface area (Å²) in [5.41, 5.74) is 0. The van der Waals surface area contributed by atoms with Crippen LogP contribution < -0.4 is 20.7 Å². The van der Waals surface area contributed by atoms with Crippen LogP contribution in [0.15, 0.2) is 121 Å². The maximum Gasteiger partial charge on any atom is -0.0271 e. The molecule has 0 radical (unpaired) electrons. The molecule has 0 amide bonds. The fraction of sp³-hybridized carbons (Fsp3) is 0. The SMILES string of the molecule is c1ccc([Si-](c2ccccc2)(c2ccccc2)c2ccccc2)cc1. The Bertz CT molecular complexity index is 753. The van der Waals surface area contributed by atoms with Crippen LogP contribution in [0.5, 0.6) is 0 Å². The van der Waals surface area contributed by atoms with E-state index in [0.717, 1.165) is 0 Å². The van der Waals surface area contributed by atoms with Crippen molar-refractivity contribution in [3.8, 4) is 0 Å². The van der Waals surface area contributed by atoms with Crippen LogP contribution in [0.25, 0.3) is 0 Å². The highest BCUT2D eigenvalue weighted by Gasteiger charge is 2.27. The summed E-state index contributed by atoms with van der Waals surface area (Å²) in [6.45, 7) is 0. The van der Waals surface area contributed by atoms with Gasteiger partial charge in [0.2, 0.25) is 0 Å². The molecule has 0 atom stereocenters. The van der Waals surface area contributed by atoms with Crippen molar-refractivity contribution in [2.24, 2.45) is 0 Å². The minimum absolute atomic E-state index is 1.42. The molecule has 121 valence electrons. The predicted molar refractivity (Wildman–Crippen MR) is 110 cm³/mol. The zero-order valence-corrected chi connectivity index (χ0v) is 15.0. The zero-order valence-electron chi connectivity index (χ0n) is 14.0. The monoisotopic (exact) mass is 336 g/mol. The van der Waals surface area contributed by atoms with E-state index in [4.69, 9.17) is 0 Å². The van der Waals surface area contributed by atoms with E-state index in [1.54, 1.807) is 0 Å². The summed E-state index contributed by atoms with van der Waals surface area (Å²) in [7, 11) is -2.30. The summed E-state index contributed by atoms with van der Waals surface area (Å²) < 4.78 is 0. The summed E-state index contributed by atoms with van der Waals surface area (Å²) >= 11 is 0. The maximum absolute atomic E-state index is 2.30. The van der Waals surface area contributed by atoms with Gasteiger partial charge in [-0.05, 0) is 8.07 Å². The van der Waals surface area contributed by atoms with Crippen LogP contribution in [0.3, 0.4) is 0 Å². The molecule has 0 aliphatic heterocycles. The molecule has 0 saturated carbocycles. The van der Waals surface area contributed by atoms with Crippen LogP contribution in [-0.2, 0) is 0 Å². The molecule has 0 aliphatic rings. The third-order valence-corrected chi connectivity index (χ3v) is 9.62. The van der Waals surface area contributed by atoms with Crippen molar-refractivity contribution in [1.29, 1.82) is 0 Å². The van der Waals surface area contributed by atoms with Crippen LogP contribution in [0, 0.1) is 0 Å². The van der Waals surface area contributed by atoms with Crippen LogP contribution in [0.2, 0.25) is 0 Å². The first-order valence-electron chi connectivity index (χ1n) is 8.64. The minimum Gasteiger partial charge on any atom is -0.171 e. The lowest BCUT2D eigenvalue weighted by Crippen LogP contribution is -2.74. The molecule has 0 heterocycles. The summed E-state index contributed by atoms with van der Waals surface area (Å²) in [5, 5.41) is 5.66. The van der Waals surface area contributed by atoms with Crippen molar-refractivity contribution in [1.82, 2.24) is 0 Å². The average molecular weight is 337 g/mol. The first-order valence-corrected chi connectivity index (χ1v) is 10.6. The lowest BCUT2D eigenvalue weighted by molar-refractivity contribution is 1.66. The molecule has 0 aromatic heterocycles. The molecule has 0 N–H and O–H groups in total. The van der Waals surface area contributed by atoms with Crippen molar-refractivity contribution in [2.75, 3.05) is 0 Å². The number of hydrogen-bond donors (Lipinski definition) is 0. The van der Waals surface area contributed by atoms with E-state index in [-0.39, 0.29) is 0 Å². The molecule has 1 heteroatoms. The Kier molecular flexibility index (Phi) is 4.32. The molecule has 4 aromatic rings. The highest BCUT2D eigenvalue weighted by molar-refractivity contribution is 7.19. The van der Waals surface area contributed by atoms with E-state index in [2.05, 4.69) is 121 Å². The van der Waals surface area contributed by atoms with E-state index in [0.29, 0.717) is 0 Å². The maximum atomic E-state index is 2.29. The van der Waals surface area contributed by atoms with Gasteiger partial charge in [-0.2, -0.15) is 20.7 Å². The van der Waals surface area contributed by atoms with Crippen molar-refractivity contribution in [2.45, 2.75) is 0 Å². The lowest BCUT2D eigenvalue weighted by Gasteiger charge is -2.47. The third kappa shape index (κ3) is 2.73. The summed E-state index contributed by atoms with van der Waals surface area (Å²) in [6.07, 6.45) is 0. The quantitative estimate of drug-likeness (QED) is 0.397. The zero-order chi connectivity index (χ0) is 17.0. The van der Waals surface area contributed by atoms with Crippen LogP contribution >= 0.6 is 0 Å². The van der Waals surface area contributed by atoms with Gasteiger partial charge in [0.1, 0.15) is 0 Å². The van der Waals surface area contributed by atoms with Crippen molar-refractivity contribution >= 4 is 28.8 Å². The molecule has 0 fully saturated rings. The van der Waals surface area contributed by atoms with Gasteiger partial charge >= 0.3 is 0 Å². The standard InChI is InChI=1S/C24H20Si/c1-5-13-21(14-6-1)25(22-15-7-2-8-16-22,23-17-9-3-10-18-23)24-19-11-4-12-20-24/h1-20H/q-1. The Hall–Kier alpha value is -2.90. The van der Waals surface area contributed by atoms with Gasteiger partial charge < -0.3 is 0 Å². The molecular formula is C24H20Si-. The van der Waals surface area contributed by atoms with Gasteiger partial charge in [0.15, 0.2) is 0 Å². The Morgan fingerprint density at radius 3 is 0.680 bits per heavy atom. The fourth-order valence-electron chi connectivity index (χ4n) is 3.75. The average Bonchev–Trinajstić information content (AvgIpc) is 2.72. The van der Waals surface area contributed by atoms with Crippen LogP contribution in [0.1, 0.15) is 0 Å². The van der Waals surface area contributed by atoms with Gasteiger partial charge in [0, 0.05) is 0 Å². The normalized spacial score (nSPS) is 11.2. The second kappa shape index (κ2) is 6.92. The highest BCUT2D eigenvalue weighted by Crippen LogP contribution is 2.09. The van der Waals surface area contributed by atoms with Gasteiger partial charge in [-0.25, -0.2) is 0 Å². The van der Waals surface area contributed by atoms with Crippen molar-refractivity contribution < 1.29 is 0 Å². The van der Waals surface area contributed by atoms with Gasteiger partial charge in [-0.1, -0.05) is 121 Å². The molecule has 4 rings (SSSR count). The van der Waals surface area contributed by atoms with Crippen LogP contribution in [0.4, 0.5) is 0 Å². The minimum atomic E-state index is -2.30. The first kappa shape index (κ1) is 15.6. The molecule has 0 bridgehead atoms. The van der Waals surface area contributed by atoms with E-state index < -0.39 is 8.07 Å². The van der Waals surface area contributed by atoms with Crippen molar-refractivity contribution in [3.63, 3.8) is 0 Å². The molecular weight excluding hydrogens is 316 g/mol. The van der Waals surface area contributed by atoms with Gasteiger partial charge in [-0.3, -0.25) is 0 Å². The molecule has 0 saturated heterocycles. The topological polar surface area (TPSA) is 0 Å². The Balaban J connectivity index is 2.13. The number of hydrogen-bond acceptors (Lipinski definition) is 0. The Morgan fingerprint density at radius 1 is 0.280 bits per heavy atom. The van der Waals surface area contributed by atoms with Gasteiger partial charge in [0.25, 0.3) is 0 Å². The molecule has 4 aromatic carbocycles. The van der Waals surface area contributed by atoms with Gasteiger partial charge in [-0.15, -0.1) is 0 Å². The summed E-state index contributed by atoms with van der Waals surface area (Å²) in [4.78, 5) is 0. The van der Waals surface area contributed by atoms with Crippen molar-refractivity contribution in [3.05, 3.63) is 121 Å². The largest absolute Gasteiger partial charge is 0.171 e. The lowest BCUT2D eigenvalue weighted by atomic mass is 10.3. The van der Waals surface area contributed by atoms with Gasteiger partial charge in [0.05, 0.1) is 0 Å². The van der Waals surface area contributed by atoms with E-state index >= 15 is 0 Å². The Morgan fingerprint density at radius 2 is 0.480 bits per heavy atom. The summed E-state index contributed by atoms with van der Waals surface area (Å²) in [6, 6.07) is 44.0.